The predicted molar refractivity (Wildman–Crippen MR) is 266 cm³/mol. The molecule has 6 heteroatoms. The van der Waals surface area contributed by atoms with Gasteiger partial charge in [0.15, 0.2) is 0 Å². The average molecular weight is 839 g/mol. The first-order valence-corrected chi connectivity index (χ1v) is 24.7. The first kappa shape index (κ1) is 48.2. The van der Waals surface area contributed by atoms with Gasteiger partial charge >= 0.3 is 0 Å². The molecule has 0 atom stereocenters. The number of rotatable bonds is 29. The van der Waals surface area contributed by atoms with E-state index in [1.807, 2.05) is 12.1 Å². The molecule has 0 fully saturated rings. The summed E-state index contributed by atoms with van der Waals surface area (Å²) in [7, 11) is 0. The van der Waals surface area contributed by atoms with Gasteiger partial charge in [-0.15, -0.1) is 0 Å². The van der Waals surface area contributed by atoms with Gasteiger partial charge in [0.2, 0.25) is 17.2 Å². The fourth-order valence-corrected chi connectivity index (χ4v) is 8.54. The van der Waals surface area contributed by atoms with Gasteiger partial charge in [0, 0.05) is 80.0 Å². The molecule has 2 aliphatic rings. The van der Waals surface area contributed by atoms with E-state index in [9.17, 15) is 9.90 Å². The van der Waals surface area contributed by atoms with Crippen molar-refractivity contribution in [3.8, 4) is 0 Å². The molecule has 0 amide bonds. The zero-order valence-electron chi connectivity index (χ0n) is 39.4. The Morgan fingerprint density at radius 3 is 1.53 bits per heavy atom. The van der Waals surface area contributed by atoms with E-state index in [4.69, 9.17) is 0 Å². The monoisotopic (exact) mass is 839 g/mol. The number of nitrogens with zero attached hydrogens (tertiary/aromatic N) is 4. The van der Waals surface area contributed by atoms with Crippen LogP contribution in [0.15, 0.2) is 95.9 Å². The number of carbonyl (C=O) groups excluding carboxylic acids is 1. The van der Waals surface area contributed by atoms with E-state index in [0.29, 0.717) is 11.1 Å². The number of benzene rings is 2. The van der Waals surface area contributed by atoms with Crippen molar-refractivity contribution in [3.63, 3.8) is 0 Å². The number of ketones is 1. The highest BCUT2D eigenvalue weighted by molar-refractivity contribution is 6.39. The van der Waals surface area contributed by atoms with E-state index in [-0.39, 0.29) is 11.5 Å². The van der Waals surface area contributed by atoms with E-state index < -0.39 is 0 Å². The molecule has 1 aliphatic carbocycles. The lowest BCUT2D eigenvalue weighted by atomic mass is 9.84. The number of allylic oxidation sites excluding steroid dienone is 5. The topological polar surface area (TPSA) is 54.5 Å². The number of anilines is 2. The van der Waals surface area contributed by atoms with E-state index >= 15 is 0 Å². The highest BCUT2D eigenvalue weighted by Gasteiger charge is 2.38. The summed E-state index contributed by atoms with van der Waals surface area (Å²) in [6, 6.07) is 21.8. The third-order valence-electron chi connectivity index (χ3n) is 12.5. The average Bonchev–Trinajstić information content (AvgIpc) is 3.88. The summed E-state index contributed by atoms with van der Waals surface area (Å²) >= 11 is 0. The Balaban J connectivity index is 1.42. The quantitative estimate of drug-likeness (QED) is 0.0397. The Morgan fingerprint density at radius 2 is 1.03 bits per heavy atom. The van der Waals surface area contributed by atoms with Crippen molar-refractivity contribution in [2.24, 2.45) is 0 Å². The number of hydrogen-bond donors (Lipinski definition) is 0. The van der Waals surface area contributed by atoms with Crippen LogP contribution in [0.5, 0.6) is 0 Å². The first-order valence-electron chi connectivity index (χ1n) is 24.7. The Bertz CT molecular complexity index is 2020. The fourth-order valence-electron chi connectivity index (χ4n) is 8.54. The molecule has 62 heavy (non-hydrogen) atoms. The van der Waals surface area contributed by atoms with Gasteiger partial charge in [-0.25, -0.2) is 0 Å². The third kappa shape index (κ3) is 13.1. The molecule has 334 valence electrons. The van der Waals surface area contributed by atoms with Crippen LogP contribution in [0.4, 0.5) is 11.4 Å². The molecule has 0 bridgehead atoms. The van der Waals surface area contributed by atoms with Crippen LogP contribution in [-0.2, 0) is 11.3 Å². The second-order valence-corrected chi connectivity index (χ2v) is 17.4. The standard InChI is InChI=1S/C56H78N4O2/c1-7-13-19-21-43-59-49(33-27-45-23-29-47(30-24-45)57(39-15-9-3)40-16-10-4)35-37-51(59)53-55(61)54(56(53)62)52-38-36-50(60(52)44-22-20-14-8-2)34-28-46-25-31-48(32-26-46)58(41-17-11-5)42-18-12-6/h23-38H,7-22,39-44H2,1-6H3. The van der Waals surface area contributed by atoms with Crippen molar-refractivity contribution < 1.29 is 14.5 Å². The lowest BCUT2D eigenvalue weighted by Gasteiger charge is -2.31. The van der Waals surface area contributed by atoms with Gasteiger partial charge in [0.05, 0.1) is 11.3 Å². The number of carbonyl (C=O) groups is 1. The van der Waals surface area contributed by atoms with Gasteiger partial charge in [-0.1, -0.05) is 135 Å². The molecule has 0 spiro atoms. The Morgan fingerprint density at radius 1 is 0.532 bits per heavy atom. The lowest BCUT2D eigenvalue weighted by molar-refractivity contribution is -0.469. The van der Waals surface area contributed by atoms with E-state index in [0.717, 1.165) is 112 Å². The largest absolute Gasteiger partial charge is 0.871 e. The van der Waals surface area contributed by atoms with Crippen LogP contribution < -0.4 is 14.9 Å². The minimum atomic E-state index is -0.139. The van der Waals surface area contributed by atoms with Crippen LogP contribution in [0.25, 0.3) is 23.8 Å². The molecule has 2 aromatic carbocycles. The zero-order chi connectivity index (χ0) is 44.1. The van der Waals surface area contributed by atoms with Crippen LogP contribution in [0, 0.1) is 0 Å². The van der Waals surface area contributed by atoms with Crippen molar-refractivity contribution in [2.75, 3.05) is 42.5 Å². The highest BCUT2D eigenvalue weighted by atomic mass is 16.3. The molecule has 0 saturated carbocycles. The van der Waals surface area contributed by atoms with Crippen molar-refractivity contribution in [2.45, 2.75) is 151 Å². The normalized spacial score (nSPS) is 15.3. The molecule has 5 rings (SSSR count). The van der Waals surface area contributed by atoms with Crippen molar-refractivity contribution in [3.05, 3.63) is 118 Å². The fraction of sp³-hybridized carbons (Fsp3) is 0.500. The molecule has 6 nitrogen and oxygen atoms in total. The van der Waals surface area contributed by atoms with Crippen LogP contribution in [0.2, 0.25) is 0 Å². The summed E-state index contributed by atoms with van der Waals surface area (Å²) in [5, 5.41) is 14.3. The van der Waals surface area contributed by atoms with Crippen LogP contribution in [-0.4, -0.2) is 53.4 Å². The maximum atomic E-state index is 14.3. The Hall–Kier alpha value is -4.84. The second kappa shape index (κ2) is 25.9. The van der Waals surface area contributed by atoms with E-state index in [1.54, 1.807) is 0 Å². The van der Waals surface area contributed by atoms with E-state index in [1.165, 1.54) is 75.6 Å². The van der Waals surface area contributed by atoms with Gasteiger partial charge < -0.3 is 19.5 Å². The molecule has 0 saturated heterocycles. The van der Waals surface area contributed by atoms with Gasteiger partial charge in [-0.3, -0.25) is 4.79 Å². The third-order valence-corrected chi connectivity index (χ3v) is 12.5. The lowest BCUT2D eigenvalue weighted by Crippen LogP contribution is -2.33. The molecular formula is C56H78N4O2. The molecule has 0 unspecified atom stereocenters. The SMILES string of the molecule is CCCCCCn1c(/C=C/c2ccc(N(CCCC)CCCC)cc2)ccc1C1=C([O-])/C(=C2/C=CC(/C=C/c3ccc(N(CCCC)CCCC)cc3)=[N+]2CCCCCC)C1=O. The smallest absolute Gasteiger partial charge is 0.216 e. The summed E-state index contributed by atoms with van der Waals surface area (Å²) in [4.78, 5) is 19.3. The maximum Gasteiger partial charge on any atom is 0.216 e. The summed E-state index contributed by atoms with van der Waals surface area (Å²) in [5.41, 5.74) is 8.99. The van der Waals surface area contributed by atoms with Gasteiger partial charge in [0.1, 0.15) is 6.54 Å². The molecule has 0 radical (unpaired) electrons. The number of aromatic nitrogens is 1. The Labute approximate surface area is 376 Å². The van der Waals surface area contributed by atoms with E-state index in [2.05, 4.69) is 145 Å². The summed E-state index contributed by atoms with van der Waals surface area (Å²) in [5.74, 6) is -0.279. The number of unbranched alkanes of at least 4 members (excludes halogenated alkanes) is 10. The minimum absolute atomic E-state index is 0.139. The highest BCUT2D eigenvalue weighted by Crippen LogP contribution is 2.39. The molecule has 3 aromatic rings. The predicted octanol–water partition coefficient (Wildman–Crippen LogP) is 13.3. The minimum Gasteiger partial charge on any atom is -0.871 e. The van der Waals surface area contributed by atoms with Crippen molar-refractivity contribution in [1.29, 1.82) is 0 Å². The van der Waals surface area contributed by atoms with Crippen molar-refractivity contribution >= 4 is 46.7 Å². The molecule has 1 aliphatic heterocycles. The second-order valence-electron chi connectivity index (χ2n) is 17.4. The van der Waals surface area contributed by atoms with Gasteiger partial charge in [-0.05, 0) is 98.2 Å². The molecule has 2 heterocycles. The summed E-state index contributed by atoms with van der Waals surface area (Å²) in [6.45, 7) is 19.3. The summed E-state index contributed by atoms with van der Waals surface area (Å²) in [6.07, 6.45) is 31.1. The number of Topliss-reactive ketones (excluding diaryl/α,β-unsaturated/α-hetero) is 1. The summed E-state index contributed by atoms with van der Waals surface area (Å²) < 4.78 is 4.41. The van der Waals surface area contributed by atoms with Crippen LogP contribution in [0.3, 0.4) is 0 Å². The van der Waals surface area contributed by atoms with Crippen LogP contribution >= 0.6 is 0 Å². The van der Waals surface area contributed by atoms with Crippen LogP contribution in [0.1, 0.15) is 167 Å². The first-order chi connectivity index (χ1) is 30.4. The Kier molecular flexibility index (Phi) is 20.2. The number of hydrogen-bond acceptors (Lipinski definition) is 4. The van der Waals surface area contributed by atoms with Gasteiger partial charge in [-0.2, -0.15) is 4.58 Å². The molecule has 1 aromatic heterocycles. The molecule has 0 N–H and O–H groups in total. The maximum absolute atomic E-state index is 14.3. The van der Waals surface area contributed by atoms with Gasteiger partial charge in [0.25, 0.3) is 0 Å². The molecular weight excluding hydrogens is 761 g/mol. The van der Waals surface area contributed by atoms with Crippen molar-refractivity contribution in [1.82, 2.24) is 4.57 Å². The zero-order valence-corrected chi connectivity index (χ0v) is 39.4.